The molecule has 1 aromatic carbocycles. The summed E-state index contributed by atoms with van der Waals surface area (Å²) < 4.78 is 40.2. The van der Waals surface area contributed by atoms with Gasteiger partial charge in [0.15, 0.2) is 0 Å². The van der Waals surface area contributed by atoms with Crippen molar-refractivity contribution in [3.05, 3.63) is 60.2 Å². The fourth-order valence-corrected chi connectivity index (χ4v) is 4.74. The number of rotatable bonds is 9. The second kappa shape index (κ2) is 11.1. The van der Waals surface area contributed by atoms with Crippen LogP contribution < -0.4 is 15.4 Å². The summed E-state index contributed by atoms with van der Waals surface area (Å²) in [6, 6.07) is 10.1. The highest BCUT2D eigenvalue weighted by Gasteiger charge is 2.27. The third-order valence-corrected chi connectivity index (χ3v) is 6.96. The molecule has 8 nitrogen and oxygen atoms in total. The summed E-state index contributed by atoms with van der Waals surface area (Å²) in [6.45, 7) is 0.474. The summed E-state index contributed by atoms with van der Waals surface area (Å²) in [4.78, 5) is 28.4. The first-order chi connectivity index (χ1) is 15.3. The number of halogens is 1. The van der Waals surface area contributed by atoms with E-state index in [4.69, 9.17) is 0 Å². The lowest BCUT2D eigenvalue weighted by atomic mass is 9.81. The first-order valence-electron chi connectivity index (χ1n) is 10.5. The smallest absolute Gasteiger partial charge is 0.240 e. The molecule has 0 spiro atoms. The van der Waals surface area contributed by atoms with Gasteiger partial charge in [-0.25, -0.2) is 17.5 Å². The van der Waals surface area contributed by atoms with E-state index in [2.05, 4.69) is 20.3 Å². The van der Waals surface area contributed by atoms with Gasteiger partial charge in [0.05, 0.1) is 23.7 Å². The number of nitrogens with zero attached hydrogens (tertiary/aromatic N) is 1. The maximum atomic E-state index is 13.0. The van der Waals surface area contributed by atoms with Crippen molar-refractivity contribution in [1.29, 1.82) is 0 Å². The zero-order valence-electron chi connectivity index (χ0n) is 17.6. The van der Waals surface area contributed by atoms with Gasteiger partial charge in [-0.2, -0.15) is 0 Å². The van der Waals surface area contributed by atoms with E-state index in [0.29, 0.717) is 32.2 Å². The highest BCUT2D eigenvalue weighted by atomic mass is 32.2. The van der Waals surface area contributed by atoms with Crippen molar-refractivity contribution in [2.45, 2.75) is 37.1 Å². The minimum atomic E-state index is -3.69. The maximum absolute atomic E-state index is 13.0. The van der Waals surface area contributed by atoms with Crippen molar-refractivity contribution < 1.29 is 22.4 Å². The van der Waals surface area contributed by atoms with Gasteiger partial charge in [-0.15, -0.1) is 0 Å². The summed E-state index contributed by atoms with van der Waals surface area (Å²) >= 11 is 0. The predicted octanol–water partition coefficient (Wildman–Crippen LogP) is 1.74. The SMILES string of the molecule is O=C(CNC(=O)C1CCC(CNS(=O)(=O)c2ccc(F)cc2)CC1)NCc1ccccn1. The molecule has 2 aromatic rings. The summed E-state index contributed by atoms with van der Waals surface area (Å²) in [5.41, 5.74) is 0.737. The number of nitrogens with one attached hydrogen (secondary N) is 3. The van der Waals surface area contributed by atoms with Crippen molar-refractivity contribution in [3.8, 4) is 0 Å². The number of hydrogen-bond donors (Lipinski definition) is 3. The number of hydrogen-bond acceptors (Lipinski definition) is 5. The van der Waals surface area contributed by atoms with Crippen LogP contribution >= 0.6 is 0 Å². The third kappa shape index (κ3) is 7.10. The van der Waals surface area contributed by atoms with Crippen molar-refractivity contribution in [2.24, 2.45) is 11.8 Å². The number of sulfonamides is 1. The van der Waals surface area contributed by atoms with E-state index in [0.717, 1.165) is 17.8 Å². The zero-order chi connectivity index (χ0) is 23.0. The molecule has 0 aliphatic heterocycles. The molecule has 3 rings (SSSR count). The van der Waals surface area contributed by atoms with E-state index in [1.165, 1.54) is 12.1 Å². The largest absolute Gasteiger partial charge is 0.349 e. The first kappa shape index (κ1) is 23.8. The van der Waals surface area contributed by atoms with E-state index in [1.807, 2.05) is 6.07 Å². The van der Waals surface area contributed by atoms with Gasteiger partial charge in [0.1, 0.15) is 5.82 Å². The number of aromatic nitrogens is 1. The van der Waals surface area contributed by atoms with Crippen LogP contribution in [-0.2, 0) is 26.2 Å². The van der Waals surface area contributed by atoms with Gasteiger partial charge < -0.3 is 10.6 Å². The van der Waals surface area contributed by atoms with E-state index >= 15 is 0 Å². The topological polar surface area (TPSA) is 117 Å². The van der Waals surface area contributed by atoms with Crippen LogP contribution in [0.25, 0.3) is 0 Å². The molecule has 172 valence electrons. The Morgan fingerprint density at radius 1 is 1.00 bits per heavy atom. The van der Waals surface area contributed by atoms with Crippen LogP contribution in [0.15, 0.2) is 53.6 Å². The van der Waals surface area contributed by atoms with Crippen LogP contribution in [0.4, 0.5) is 4.39 Å². The Kier molecular flexibility index (Phi) is 8.29. The van der Waals surface area contributed by atoms with Crippen LogP contribution in [-0.4, -0.2) is 38.3 Å². The molecule has 0 atom stereocenters. The van der Waals surface area contributed by atoms with Crippen LogP contribution in [0.5, 0.6) is 0 Å². The minimum absolute atomic E-state index is 0.0216. The van der Waals surface area contributed by atoms with Crippen molar-refractivity contribution in [2.75, 3.05) is 13.1 Å². The van der Waals surface area contributed by atoms with E-state index in [-0.39, 0.29) is 41.6 Å². The van der Waals surface area contributed by atoms with Crippen LogP contribution in [0.1, 0.15) is 31.4 Å². The molecule has 0 unspecified atom stereocenters. The van der Waals surface area contributed by atoms with Crippen LogP contribution in [0.2, 0.25) is 0 Å². The second-order valence-corrected chi connectivity index (χ2v) is 9.61. The fourth-order valence-electron chi connectivity index (χ4n) is 3.62. The summed E-state index contributed by atoms with van der Waals surface area (Å²) in [7, 11) is -3.69. The molecule has 3 N–H and O–H groups in total. The number of carbonyl (C=O) groups excluding carboxylic acids is 2. The van der Waals surface area contributed by atoms with E-state index in [1.54, 1.807) is 18.3 Å². The number of carbonyl (C=O) groups is 2. The Morgan fingerprint density at radius 3 is 2.38 bits per heavy atom. The highest BCUT2D eigenvalue weighted by Crippen LogP contribution is 2.28. The van der Waals surface area contributed by atoms with Crippen molar-refractivity contribution in [1.82, 2.24) is 20.3 Å². The van der Waals surface area contributed by atoms with Crippen molar-refractivity contribution in [3.63, 3.8) is 0 Å². The lowest BCUT2D eigenvalue weighted by Crippen LogP contribution is -2.41. The molecule has 10 heteroatoms. The van der Waals surface area contributed by atoms with Gasteiger partial charge in [-0.3, -0.25) is 14.6 Å². The summed E-state index contributed by atoms with van der Waals surface area (Å²) in [5.74, 6) is -1.01. The zero-order valence-corrected chi connectivity index (χ0v) is 18.4. The lowest BCUT2D eigenvalue weighted by Gasteiger charge is -2.27. The Bertz CT molecular complexity index is 1010. The lowest BCUT2D eigenvalue weighted by molar-refractivity contribution is -0.129. The van der Waals surface area contributed by atoms with Crippen LogP contribution in [0.3, 0.4) is 0 Å². The van der Waals surface area contributed by atoms with Gasteiger partial charge in [0.2, 0.25) is 21.8 Å². The molecule has 2 amide bonds. The second-order valence-electron chi connectivity index (χ2n) is 7.84. The van der Waals surface area contributed by atoms with Crippen molar-refractivity contribution >= 4 is 21.8 Å². The van der Waals surface area contributed by atoms with Gasteiger partial charge >= 0.3 is 0 Å². The molecule has 32 heavy (non-hydrogen) atoms. The summed E-state index contributed by atoms with van der Waals surface area (Å²) in [5, 5.41) is 5.38. The average Bonchev–Trinajstić information content (AvgIpc) is 2.81. The normalized spacial score (nSPS) is 18.7. The molecule has 0 bridgehead atoms. The molecule has 1 heterocycles. The predicted molar refractivity (Wildman–Crippen MR) is 116 cm³/mol. The van der Waals surface area contributed by atoms with Gasteiger partial charge in [0, 0.05) is 18.7 Å². The molecule has 0 saturated heterocycles. The van der Waals surface area contributed by atoms with Crippen LogP contribution in [0, 0.1) is 17.7 Å². The highest BCUT2D eigenvalue weighted by molar-refractivity contribution is 7.89. The number of amides is 2. The molecule has 1 aliphatic carbocycles. The Morgan fingerprint density at radius 2 is 1.72 bits per heavy atom. The van der Waals surface area contributed by atoms with E-state index in [9.17, 15) is 22.4 Å². The molecule has 1 aliphatic rings. The molecule has 1 saturated carbocycles. The summed E-state index contributed by atoms with van der Waals surface area (Å²) in [6.07, 6.45) is 4.31. The van der Waals surface area contributed by atoms with E-state index < -0.39 is 15.8 Å². The molecular weight excluding hydrogens is 435 g/mol. The molecule has 0 radical (unpaired) electrons. The van der Waals surface area contributed by atoms with Gasteiger partial charge in [0.25, 0.3) is 0 Å². The maximum Gasteiger partial charge on any atom is 0.240 e. The molecular formula is C22H27FN4O4S. The Hall–Kier alpha value is -2.85. The molecule has 1 aromatic heterocycles. The minimum Gasteiger partial charge on any atom is -0.349 e. The standard InChI is InChI=1S/C22H27FN4O4S/c23-18-8-10-20(11-9-18)32(30,31)27-13-16-4-6-17(7-5-16)22(29)26-15-21(28)25-14-19-3-1-2-12-24-19/h1-3,8-12,16-17,27H,4-7,13-15H2,(H,25,28)(H,26,29). The monoisotopic (exact) mass is 462 g/mol. The average molecular weight is 463 g/mol. The number of benzene rings is 1. The Balaban J connectivity index is 1.35. The van der Waals surface area contributed by atoms with Gasteiger partial charge in [-0.1, -0.05) is 6.07 Å². The quantitative estimate of drug-likeness (QED) is 0.525. The molecule has 1 fully saturated rings. The third-order valence-electron chi connectivity index (χ3n) is 5.52. The van der Waals surface area contributed by atoms with Gasteiger partial charge in [-0.05, 0) is 68.0 Å². The fraction of sp³-hybridized carbons (Fsp3) is 0.409. The first-order valence-corrected chi connectivity index (χ1v) is 12.0. The Labute approximate surface area is 187 Å². The number of pyridine rings is 1.